The second-order valence-corrected chi connectivity index (χ2v) is 6.76. The number of aliphatic carboxylic acids is 1. The lowest BCUT2D eigenvalue weighted by atomic mass is 10.0. The van der Waals surface area contributed by atoms with Crippen LogP contribution in [0.3, 0.4) is 0 Å². The maximum Gasteiger partial charge on any atom is 0.326 e. The molecule has 0 aliphatic rings. The lowest BCUT2D eigenvalue weighted by Gasteiger charge is -2.16. The van der Waals surface area contributed by atoms with Crippen LogP contribution in [0.15, 0.2) is 29.6 Å². The molecule has 0 saturated carbocycles. The molecule has 0 radical (unpaired) electrons. The van der Waals surface area contributed by atoms with Gasteiger partial charge in [-0.3, -0.25) is 4.79 Å². The molecule has 23 heavy (non-hydrogen) atoms. The normalized spacial score (nSPS) is 12.2. The van der Waals surface area contributed by atoms with Crippen molar-refractivity contribution in [3.63, 3.8) is 0 Å². The number of carboxylic acids is 1. The van der Waals surface area contributed by atoms with Gasteiger partial charge in [0.2, 0.25) is 0 Å². The molecule has 0 bridgehead atoms. The Morgan fingerprint density at radius 3 is 2.48 bits per heavy atom. The van der Waals surface area contributed by atoms with Crippen LogP contribution in [0.1, 0.15) is 40.5 Å². The van der Waals surface area contributed by atoms with Gasteiger partial charge in [0, 0.05) is 11.8 Å². The van der Waals surface area contributed by atoms with Crippen molar-refractivity contribution in [3.05, 3.63) is 51.5 Å². The van der Waals surface area contributed by atoms with Gasteiger partial charge in [-0.1, -0.05) is 43.7 Å². The van der Waals surface area contributed by atoms with Gasteiger partial charge in [-0.05, 0) is 18.4 Å². The smallest absolute Gasteiger partial charge is 0.326 e. The maximum absolute atomic E-state index is 12.1. The minimum absolute atomic E-state index is 0.192. The Morgan fingerprint density at radius 2 is 1.91 bits per heavy atom. The summed E-state index contributed by atoms with van der Waals surface area (Å²) in [6, 6.07) is 7.24. The predicted molar refractivity (Wildman–Crippen MR) is 89.8 cm³/mol. The Bertz CT molecular complexity index is 692. The van der Waals surface area contributed by atoms with Gasteiger partial charge in [0.05, 0.1) is 5.01 Å². The summed E-state index contributed by atoms with van der Waals surface area (Å²) in [6.45, 7) is 5.54. The largest absolute Gasteiger partial charge is 0.480 e. The first kappa shape index (κ1) is 17.1. The molecule has 1 unspecified atom stereocenters. The second kappa shape index (κ2) is 7.37. The first-order chi connectivity index (χ1) is 10.9. The lowest BCUT2D eigenvalue weighted by Crippen LogP contribution is -2.44. The summed E-state index contributed by atoms with van der Waals surface area (Å²) in [5.74, 6) is -1.68. The van der Waals surface area contributed by atoms with E-state index in [9.17, 15) is 9.59 Å². The number of nitrogens with zero attached hydrogens (tertiary/aromatic N) is 1. The highest BCUT2D eigenvalue weighted by Gasteiger charge is 2.24. The minimum atomic E-state index is -1.04. The molecule has 0 saturated heterocycles. The molecule has 5 nitrogen and oxygen atoms in total. The highest BCUT2D eigenvalue weighted by Crippen LogP contribution is 2.16. The number of rotatable bonds is 6. The zero-order valence-electron chi connectivity index (χ0n) is 13.4. The van der Waals surface area contributed by atoms with Crippen LogP contribution in [0.25, 0.3) is 0 Å². The van der Waals surface area contributed by atoms with Crippen molar-refractivity contribution < 1.29 is 14.7 Å². The number of carbonyl (C=O) groups excluding carboxylic acids is 1. The monoisotopic (exact) mass is 332 g/mol. The zero-order chi connectivity index (χ0) is 17.0. The van der Waals surface area contributed by atoms with E-state index < -0.39 is 17.9 Å². The Balaban J connectivity index is 2.04. The first-order valence-corrected chi connectivity index (χ1v) is 8.28. The van der Waals surface area contributed by atoms with Gasteiger partial charge in [-0.15, -0.1) is 11.3 Å². The summed E-state index contributed by atoms with van der Waals surface area (Å²) in [6.07, 6.45) is 0.658. The van der Waals surface area contributed by atoms with E-state index in [1.165, 1.54) is 16.9 Å². The Morgan fingerprint density at radius 1 is 1.26 bits per heavy atom. The molecule has 0 aliphatic heterocycles. The summed E-state index contributed by atoms with van der Waals surface area (Å²) in [5.41, 5.74) is 2.59. The molecule has 6 heteroatoms. The fraction of sp³-hybridized carbons (Fsp3) is 0.353. The molecule has 2 aromatic rings. The third kappa shape index (κ3) is 4.63. The van der Waals surface area contributed by atoms with Crippen LogP contribution in [0.2, 0.25) is 0 Å². The molecule has 2 rings (SSSR count). The van der Waals surface area contributed by atoms with Crippen molar-refractivity contribution >= 4 is 23.2 Å². The summed E-state index contributed by atoms with van der Waals surface area (Å²) in [5, 5.41) is 14.1. The summed E-state index contributed by atoms with van der Waals surface area (Å²) < 4.78 is 0. The Kier molecular flexibility index (Phi) is 5.50. The molecule has 122 valence electrons. The van der Waals surface area contributed by atoms with Gasteiger partial charge in [0.15, 0.2) is 0 Å². The number of aryl methyl sites for hydroxylation is 1. The number of aromatic nitrogens is 1. The molecule has 1 atom stereocenters. The molecule has 0 spiro atoms. The average molecular weight is 332 g/mol. The van der Waals surface area contributed by atoms with Gasteiger partial charge < -0.3 is 10.4 Å². The summed E-state index contributed by atoms with van der Waals surface area (Å²) >= 11 is 1.40. The van der Waals surface area contributed by atoms with Crippen LogP contribution >= 0.6 is 11.3 Å². The van der Waals surface area contributed by atoms with Gasteiger partial charge in [0.25, 0.3) is 5.91 Å². The van der Waals surface area contributed by atoms with E-state index in [2.05, 4.69) is 10.3 Å². The molecule has 1 heterocycles. The third-order valence-corrected chi connectivity index (χ3v) is 4.33. The minimum Gasteiger partial charge on any atom is -0.480 e. The van der Waals surface area contributed by atoms with E-state index in [1.54, 1.807) is 19.2 Å². The SMILES string of the molecule is Cc1ccc(Cc2nc(C(=O)NC(C(=O)O)C(C)C)cs2)cc1. The molecule has 2 N–H and O–H groups in total. The highest BCUT2D eigenvalue weighted by atomic mass is 32.1. The van der Waals surface area contributed by atoms with Crippen molar-refractivity contribution in [3.8, 4) is 0 Å². The van der Waals surface area contributed by atoms with E-state index >= 15 is 0 Å². The predicted octanol–water partition coefficient (Wildman–Crippen LogP) is 2.88. The average Bonchev–Trinajstić information content (AvgIpc) is 2.95. The lowest BCUT2D eigenvalue weighted by molar-refractivity contribution is -0.140. The van der Waals surface area contributed by atoms with Crippen molar-refractivity contribution in [1.29, 1.82) is 0 Å². The van der Waals surface area contributed by atoms with Crippen LogP contribution in [-0.4, -0.2) is 28.0 Å². The van der Waals surface area contributed by atoms with Crippen LogP contribution in [-0.2, 0) is 11.2 Å². The molecular formula is C17H20N2O3S. The molecule has 1 amide bonds. The third-order valence-electron chi connectivity index (χ3n) is 3.48. The van der Waals surface area contributed by atoms with Gasteiger partial charge in [-0.25, -0.2) is 9.78 Å². The Hall–Kier alpha value is -2.21. The van der Waals surface area contributed by atoms with E-state index in [0.717, 1.165) is 10.6 Å². The van der Waals surface area contributed by atoms with E-state index in [4.69, 9.17) is 5.11 Å². The summed E-state index contributed by atoms with van der Waals surface area (Å²) in [4.78, 5) is 27.6. The molecule has 0 aliphatic carbocycles. The molecule has 1 aromatic heterocycles. The highest BCUT2D eigenvalue weighted by molar-refractivity contribution is 7.09. The number of benzene rings is 1. The van der Waals surface area contributed by atoms with Gasteiger partial charge >= 0.3 is 5.97 Å². The standard InChI is InChI=1S/C17H20N2O3S/c1-10(2)15(17(21)22)19-16(20)13-9-23-14(18-13)8-12-6-4-11(3)5-7-12/h4-7,9-10,15H,8H2,1-3H3,(H,19,20)(H,21,22). The van der Waals surface area contributed by atoms with Gasteiger partial charge in [-0.2, -0.15) is 0 Å². The van der Waals surface area contributed by atoms with Crippen LogP contribution in [0, 0.1) is 12.8 Å². The molecule has 1 aromatic carbocycles. The van der Waals surface area contributed by atoms with Crippen LogP contribution in [0.4, 0.5) is 0 Å². The topological polar surface area (TPSA) is 79.3 Å². The zero-order valence-corrected chi connectivity index (χ0v) is 14.2. The molecular weight excluding hydrogens is 312 g/mol. The van der Waals surface area contributed by atoms with Crippen molar-refractivity contribution in [2.75, 3.05) is 0 Å². The number of amides is 1. The van der Waals surface area contributed by atoms with Crippen molar-refractivity contribution in [2.24, 2.45) is 5.92 Å². The first-order valence-electron chi connectivity index (χ1n) is 7.40. The van der Waals surface area contributed by atoms with Crippen molar-refractivity contribution in [1.82, 2.24) is 10.3 Å². The number of hydrogen-bond acceptors (Lipinski definition) is 4. The second-order valence-electron chi connectivity index (χ2n) is 5.82. The number of hydrogen-bond donors (Lipinski definition) is 2. The quantitative estimate of drug-likeness (QED) is 0.852. The maximum atomic E-state index is 12.1. The van der Waals surface area contributed by atoms with E-state index in [1.807, 2.05) is 31.2 Å². The molecule has 0 fully saturated rings. The van der Waals surface area contributed by atoms with Crippen LogP contribution in [0.5, 0.6) is 0 Å². The van der Waals surface area contributed by atoms with Gasteiger partial charge in [0.1, 0.15) is 11.7 Å². The van der Waals surface area contributed by atoms with E-state index in [0.29, 0.717) is 6.42 Å². The number of thiazole rings is 1. The fourth-order valence-corrected chi connectivity index (χ4v) is 2.91. The number of carboxylic acid groups (broad SMARTS) is 1. The number of nitrogens with one attached hydrogen (secondary N) is 1. The van der Waals surface area contributed by atoms with Crippen LogP contribution < -0.4 is 5.32 Å². The fourth-order valence-electron chi connectivity index (χ4n) is 2.11. The summed E-state index contributed by atoms with van der Waals surface area (Å²) in [7, 11) is 0. The van der Waals surface area contributed by atoms with E-state index in [-0.39, 0.29) is 11.6 Å². The van der Waals surface area contributed by atoms with Crippen molar-refractivity contribution in [2.45, 2.75) is 33.2 Å². The Labute approximate surface area is 139 Å². The number of carbonyl (C=O) groups is 2.